The molecular weight excluding hydrogens is 378 g/mol. The van der Waals surface area contributed by atoms with Gasteiger partial charge in [0.05, 0.1) is 18.1 Å². The summed E-state index contributed by atoms with van der Waals surface area (Å²) in [6.07, 6.45) is 1.01. The van der Waals surface area contributed by atoms with E-state index in [1.54, 1.807) is 11.9 Å². The van der Waals surface area contributed by atoms with Gasteiger partial charge in [-0.25, -0.2) is 0 Å². The summed E-state index contributed by atoms with van der Waals surface area (Å²) in [5.74, 6) is -0.139. The molecule has 0 saturated heterocycles. The lowest BCUT2D eigenvalue weighted by Crippen LogP contribution is -2.41. The average molecular weight is 404 g/mol. The van der Waals surface area contributed by atoms with Crippen LogP contribution in [-0.2, 0) is 4.79 Å². The first kappa shape index (κ1) is 19.7. The van der Waals surface area contributed by atoms with Crippen LogP contribution in [0.1, 0.15) is 49.8 Å². The molecule has 0 saturated carbocycles. The fraction of sp³-hybridized carbons (Fsp3) is 0.381. The van der Waals surface area contributed by atoms with E-state index in [1.165, 1.54) is 0 Å². The van der Waals surface area contributed by atoms with E-state index in [1.807, 2.05) is 61.5 Å². The highest BCUT2D eigenvalue weighted by Gasteiger charge is 2.29. The number of benzene rings is 2. The smallest absolute Gasteiger partial charge is 0.230 e. The van der Waals surface area contributed by atoms with Gasteiger partial charge in [0.25, 0.3) is 0 Å². The van der Waals surface area contributed by atoms with Gasteiger partial charge in [0.15, 0.2) is 0 Å². The van der Waals surface area contributed by atoms with Crippen LogP contribution in [0.15, 0.2) is 59.1 Å². The Hall–Kier alpha value is -1.65. The zero-order valence-electron chi connectivity index (χ0n) is 15.0. The Morgan fingerprint density at radius 3 is 2.24 bits per heavy atom. The predicted molar refractivity (Wildman–Crippen MR) is 105 cm³/mol. The molecule has 25 heavy (non-hydrogen) atoms. The molecule has 0 spiro atoms. The van der Waals surface area contributed by atoms with Crippen LogP contribution in [0.5, 0.6) is 0 Å². The molecule has 1 N–H and O–H groups in total. The number of likely N-dealkylation sites (N-methyl/N-ethyl adjacent to an activating group) is 1. The SMILES string of the molecule is CCCC(C(=O)N(C)[C@H](C)[C@H](O)c1ccccc1)c1ccc(Br)cc1. The van der Waals surface area contributed by atoms with Crippen LogP contribution < -0.4 is 0 Å². The summed E-state index contributed by atoms with van der Waals surface area (Å²) >= 11 is 3.44. The monoisotopic (exact) mass is 403 g/mol. The molecular formula is C21H26BrNO2. The number of aliphatic hydroxyl groups is 1. The van der Waals surface area contributed by atoms with Gasteiger partial charge in [0.1, 0.15) is 0 Å². The summed E-state index contributed by atoms with van der Waals surface area (Å²) in [5, 5.41) is 10.6. The number of hydrogen-bond donors (Lipinski definition) is 1. The van der Waals surface area contributed by atoms with E-state index >= 15 is 0 Å². The third kappa shape index (κ3) is 4.93. The Kier molecular flexibility index (Phi) is 7.21. The molecule has 3 nitrogen and oxygen atoms in total. The predicted octanol–water partition coefficient (Wildman–Crippen LogP) is 4.91. The number of rotatable bonds is 7. The van der Waals surface area contributed by atoms with Gasteiger partial charge in [-0.2, -0.15) is 0 Å². The van der Waals surface area contributed by atoms with Crippen molar-refractivity contribution >= 4 is 21.8 Å². The van der Waals surface area contributed by atoms with Crippen LogP contribution in [0.3, 0.4) is 0 Å². The second-order valence-corrected chi connectivity index (χ2v) is 7.35. The molecule has 0 aliphatic rings. The Morgan fingerprint density at radius 2 is 1.68 bits per heavy atom. The van der Waals surface area contributed by atoms with Crippen molar-refractivity contribution in [3.8, 4) is 0 Å². The van der Waals surface area contributed by atoms with Crippen molar-refractivity contribution < 1.29 is 9.90 Å². The number of carbonyl (C=O) groups is 1. The molecule has 0 aromatic heterocycles. The number of aliphatic hydroxyl groups excluding tert-OH is 1. The molecule has 3 atom stereocenters. The number of hydrogen-bond acceptors (Lipinski definition) is 2. The van der Waals surface area contributed by atoms with Crippen LogP contribution in [0.2, 0.25) is 0 Å². The molecule has 0 aliphatic carbocycles. The first-order chi connectivity index (χ1) is 12.0. The summed E-state index contributed by atoms with van der Waals surface area (Å²) in [7, 11) is 1.78. The number of halogens is 1. The summed E-state index contributed by atoms with van der Waals surface area (Å²) in [5.41, 5.74) is 1.84. The molecule has 0 fully saturated rings. The molecule has 1 unspecified atom stereocenters. The van der Waals surface area contributed by atoms with Crippen molar-refractivity contribution in [1.29, 1.82) is 0 Å². The quantitative estimate of drug-likeness (QED) is 0.712. The molecule has 2 aromatic carbocycles. The van der Waals surface area contributed by atoms with Gasteiger partial charge in [0, 0.05) is 11.5 Å². The number of nitrogens with zero attached hydrogens (tertiary/aromatic N) is 1. The summed E-state index contributed by atoms with van der Waals surface area (Å²) in [4.78, 5) is 14.8. The topological polar surface area (TPSA) is 40.5 Å². The minimum absolute atomic E-state index is 0.0478. The van der Waals surface area contributed by atoms with Crippen LogP contribution in [0.25, 0.3) is 0 Å². The molecule has 0 aliphatic heterocycles. The normalized spacial score (nSPS) is 14.6. The van der Waals surface area contributed by atoms with Crippen molar-refractivity contribution in [1.82, 2.24) is 4.90 Å². The zero-order valence-corrected chi connectivity index (χ0v) is 16.6. The fourth-order valence-corrected chi connectivity index (χ4v) is 3.27. The zero-order chi connectivity index (χ0) is 18.4. The molecule has 2 aromatic rings. The summed E-state index contributed by atoms with van der Waals surface area (Å²) in [6.45, 7) is 3.97. The molecule has 0 radical (unpaired) electrons. The number of carbonyl (C=O) groups excluding carboxylic acids is 1. The third-order valence-corrected chi connectivity index (χ3v) is 5.23. The fourth-order valence-electron chi connectivity index (χ4n) is 3.00. The van der Waals surface area contributed by atoms with E-state index in [4.69, 9.17) is 0 Å². The van der Waals surface area contributed by atoms with Gasteiger partial charge in [-0.3, -0.25) is 4.79 Å². The lowest BCUT2D eigenvalue weighted by molar-refractivity contribution is -0.135. The maximum atomic E-state index is 13.1. The lowest BCUT2D eigenvalue weighted by Gasteiger charge is -2.32. The second kappa shape index (κ2) is 9.16. The largest absolute Gasteiger partial charge is 0.386 e. The third-order valence-electron chi connectivity index (χ3n) is 4.70. The first-order valence-corrected chi connectivity index (χ1v) is 9.50. The molecule has 0 bridgehead atoms. The van der Waals surface area contributed by atoms with Crippen molar-refractivity contribution in [3.63, 3.8) is 0 Å². The Bertz CT molecular complexity index is 672. The van der Waals surface area contributed by atoms with E-state index in [9.17, 15) is 9.90 Å². The van der Waals surface area contributed by atoms with Crippen LogP contribution >= 0.6 is 15.9 Å². The lowest BCUT2D eigenvalue weighted by atomic mass is 9.92. The van der Waals surface area contributed by atoms with Gasteiger partial charge < -0.3 is 10.0 Å². The Labute approximate surface area is 158 Å². The highest BCUT2D eigenvalue weighted by atomic mass is 79.9. The Balaban J connectivity index is 2.18. The molecule has 2 rings (SSSR count). The van der Waals surface area contributed by atoms with Crippen LogP contribution in [-0.4, -0.2) is 29.0 Å². The van der Waals surface area contributed by atoms with Gasteiger partial charge in [0.2, 0.25) is 5.91 Å². The molecule has 1 amide bonds. The van der Waals surface area contributed by atoms with Crippen molar-refractivity contribution in [3.05, 3.63) is 70.2 Å². The van der Waals surface area contributed by atoms with E-state index in [0.717, 1.165) is 28.4 Å². The average Bonchev–Trinajstić information content (AvgIpc) is 2.65. The minimum Gasteiger partial charge on any atom is -0.386 e. The summed E-state index contributed by atoms with van der Waals surface area (Å²) in [6, 6.07) is 17.1. The van der Waals surface area contributed by atoms with E-state index < -0.39 is 6.10 Å². The van der Waals surface area contributed by atoms with Gasteiger partial charge in [-0.05, 0) is 36.6 Å². The van der Waals surface area contributed by atoms with E-state index in [0.29, 0.717) is 0 Å². The maximum Gasteiger partial charge on any atom is 0.230 e. The van der Waals surface area contributed by atoms with Crippen molar-refractivity contribution in [2.75, 3.05) is 7.05 Å². The van der Waals surface area contributed by atoms with E-state index in [2.05, 4.69) is 22.9 Å². The van der Waals surface area contributed by atoms with Gasteiger partial charge >= 0.3 is 0 Å². The molecule has 0 heterocycles. The van der Waals surface area contributed by atoms with Crippen molar-refractivity contribution in [2.45, 2.75) is 44.8 Å². The highest BCUT2D eigenvalue weighted by Crippen LogP contribution is 2.28. The van der Waals surface area contributed by atoms with Crippen LogP contribution in [0.4, 0.5) is 0 Å². The Morgan fingerprint density at radius 1 is 1.08 bits per heavy atom. The van der Waals surface area contributed by atoms with E-state index in [-0.39, 0.29) is 17.9 Å². The molecule has 134 valence electrons. The molecule has 4 heteroatoms. The minimum atomic E-state index is -0.706. The van der Waals surface area contributed by atoms with Gasteiger partial charge in [-0.15, -0.1) is 0 Å². The number of amides is 1. The second-order valence-electron chi connectivity index (χ2n) is 6.44. The van der Waals surface area contributed by atoms with Gasteiger partial charge in [-0.1, -0.05) is 71.7 Å². The first-order valence-electron chi connectivity index (χ1n) is 8.70. The summed E-state index contributed by atoms with van der Waals surface area (Å²) < 4.78 is 1.00. The highest BCUT2D eigenvalue weighted by molar-refractivity contribution is 9.10. The van der Waals surface area contributed by atoms with Crippen molar-refractivity contribution in [2.24, 2.45) is 0 Å². The maximum absolute atomic E-state index is 13.1. The standard InChI is InChI=1S/C21H26BrNO2/c1-4-8-19(16-11-13-18(22)14-12-16)21(25)23(3)15(2)20(24)17-9-6-5-7-10-17/h5-7,9-15,19-20,24H,4,8H2,1-3H3/t15-,19?,20+/m1/s1. The van der Waals surface area contributed by atoms with Crippen LogP contribution in [0, 0.1) is 0 Å².